The van der Waals surface area contributed by atoms with Crippen LogP contribution in [0.3, 0.4) is 0 Å². The fourth-order valence-electron chi connectivity index (χ4n) is 2.44. The number of para-hydroxylation sites is 2. The topological polar surface area (TPSA) is 78.5 Å². The van der Waals surface area contributed by atoms with Crippen molar-refractivity contribution in [3.8, 4) is 5.75 Å². The summed E-state index contributed by atoms with van der Waals surface area (Å²) >= 11 is 0. The molecule has 0 radical (unpaired) electrons. The lowest BCUT2D eigenvalue weighted by molar-refractivity contribution is -0.313. The van der Waals surface area contributed by atoms with Crippen molar-refractivity contribution in [1.82, 2.24) is 0 Å². The minimum Gasteiger partial charge on any atom is -0.550 e. The number of ether oxygens (including phenoxy) is 1. The Kier molecular flexibility index (Phi) is 4.98. The molecule has 1 aromatic carbocycles. The number of hydrogen-bond donors (Lipinski definition) is 1. The van der Waals surface area contributed by atoms with Crippen LogP contribution in [0.5, 0.6) is 5.75 Å². The van der Waals surface area contributed by atoms with E-state index in [1.165, 1.54) is 0 Å². The summed E-state index contributed by atoms with van der Waals surface area (Å²) in [6.45, 7) is 2.34. The van der Waals surface area contributed by atoms with Crippen LogP contribution in [0, 0.1) is 11.8 Å². The molecule has 5 heteroatoms. The Morgan fingerprint density at radius 1 is 1.24 bits per heavy atom. The summed E-state index contributed by atoms with van der Waals surface area (Å²) in [7, 11) is 0. The molecule has 0 aromatic heterocycles. The van der Waals surface area contributed by atoms with Gasteiger partial charge in [0.1, 0.15) is 5.75 Å². The monoisotopic (exact) mass is 288 g/mol. The minimum absolute atomic E-state index is 0.319. The molecular formula is C16H18NO4-. The van der Waals surface area contributed by atoms with E-state index in [0.29, 0.717) is 30.9 Å². The van der Waals surface area contributed by atoms with Gasteiger partial charge >= 0.3 is 0 Å². The van der Waals surface area contributed by atoms with Crippen molar-refractivity contribution in [2.75, 3.05) is 11.9 Å². The summed E-state index contributed by atoms with van der Waals surface area (Å²) in [4.78, 5) is 23.5. The number of carbonyl (C=O) groups excluding carboxylic acids is 2. The number of allylic oxidation sites excluding steroid dienone is 2. The average Bonchev–Trinajstić information content (AvgIpc) is 2.49. The van der Waals surface area contributed by atoms with Gasteiger partial charge in [0.25, 0.3) is 0 Å². The lowest BCUT2D eigenvalue weighted by atomic mass is 9.82. The van der Waals surface area contributed by atoms with Crippen LogP contribution in [0.25, 0.3) is 0 Å². The molecule has 0 bridgehead atoms. The number of anilines is 1. The van der Waals surface area contributed by atoms with Crippen LogP contribution in [0.2, 0.25) is 0 Å². The molecule has 0 saturated heterocycles. The van der Waals surface area contributed by atoms with E-state index in [9.17, 15) is 14.7 Å². The van der Waals surface area contributed by atoms with Crippen LogP contribution in [-0.4, -0.2) is 18.5 Å². The quantitative estimate of drug-likeness (QED) is 0.830. The van der Waals surface area contributed by atoms with Gasteiger partial charge in [-0.15, -0.1) is 0 Å². The fraction of sp³-hybridized carbons (Fsp3) is 0.375. The largest absolute Gasteiger partial charge is 0.550 e. The van der Waals surface area contributed by atoms with Gasteiger partial charge in [-0.25, -0.2) is 0 Å². The third kappa shape index (κ3) is 3.62. The van der Waals surface area contributed by atoms with E-state index in [4.69, 9.17) is 4.74 Å². The molecule has 0 unspecified atom stereocenters. The van der Waals surface area contributed by atoms with Crippen LogP contribution in [-0.2, 0) is 9.59 Å². The number of amides is 1. The predicted octanol–water partition coefficient (Wildman–Crippen LogP) is 1.36. The lowest BCUT2D eigenvalue weighted by Crippen LogP contribution is -2.41. The van der Waals surface area contributed by atoms with E-state index >= 15 is 0 Å². The molecule has 1 aliphatic carbocycles. The van der Waals surface area contributed by atoms with Crippen LogP contribution >= 0.6 is 0 Å². The van der Waals surface area contributed by atoms with E-state index in [-0.39, 0.29) is 5.91 Å². The number of benzene rings is 1. The van der Waals surface area contributed by atoms with Gasteiger partial charge in [0.2, 0.25) is 5.91 Å². The highest BCUT2D eigenvalue weighted by Gasteiger charge is 2.30. The highest BCUT2D eigenvalue weighted by molar-refractivity contribution is 5.96. The standard InChI is InChI=1S/C16H19NO4/c1-2-21-14-10-6-5-9-13(14)17-15(18)11-7-3-4-8-12(11)16(19)20/h3-6,9-12H,2,7-8H2,1H3,(H,17,18)(H,19,20)/p-1/t11-,12+/m1/s1. The number of carboxylic acids is 1. The normalized spacial score (nSPS) is 20.8. The second kappa shape index (κ2) is 6.92. The molecule has 0 saturated carbocycles. The van der Waals surface area contributed by atoms with Crippen molar-refractivity contribution in [3.05, 3.63) is 36.4 Å². The first-order valence-electron chi connectivity index (χ1n) is 7.02. The molecule has 0 aliphatic heterocycles. The molecule has 1 aromatic rings. The van der Waals surface area contributed by atoms with Gasteiger partial charge in [-0.1, -0.05) is 24.3 Å². The summed E-state index contributed by atoms with van der Waals surface area (Å²) < 4.78 is 5.44. The maximum absolute atomic E-state index is 12.3. The molecule has 2 rings (SSSR count). The summed E-state index contributed by atoms with van der Waals surface area (Å²) in [6.07, 6.45) is 4.34. The second-order valence-electron chi connectivity index (χ2n) is 4.89. The molecule has 21 heavy (non-hydrogen) atoms. The predicted molar refractivity (Wildman–Crippen MR) is 76.6 cm³/mol. The Morgan fingerprint density at radius 3 is 2.57 bits per heavy atom. The lowest BCUT2D eigenvalue weighted by Gasteiger charge is -2.28. The first kappa shape index (κ1) is 15.1. The third-order valence-electron chi connectivity index (χ3n) is 3.52. The average molecular weight is 288 g/mol. The smallest absolute Gasteiger partial charge is 0.228 e. The molecule has 0 fully saturated rings. The molecule has 112 valence electrons. The van der Waals surface area contributed by atoms with Crippen molar-refractivity contribution >= 4 is 17.6 Å². The van der Waals surface area contributed by atoms with Crippen molar-refractivity contribution in [2.45, 2.75) is 19.8 Å². The highest BCUT2D eigenvalue weighted by atomic mass is 16.5. The van der Waals surface area contributed by atoms with Crippen molar-refractivity contribution in [2.24, 2.45) is 11.8 Å². The zero-order valence-corrected chi connectivity index (χ0v) is 11.9. The van der Waals surface area contributed by atoms with Gasteiger partial charge in [0.05, 0.1) is 18.2 Å². The maximum Gasteiger partial charge on any atom is 0.228 e. The fourth-order valence-corrected chi connectivity index (χ4v) is 2.44. The number of carboxylic acid groups (broad SMARTS) is 1. The van der Waals surface area contributed by atoms with Crippen LogP contribution in [0.15, 0.2) is 36.4 Å². The molecule has 0 heterocycles. The summed E-state index contributed by atoms with van der Waals surface area (Å²) in [6, 6.07) is 7.09. The second-order valence-corrected chi connectivity index (χ2v) is 4.89. The Balaban J connectivity index is 2.14. The number of rotatable bonds is 5. The summed E-state index contributed by atoms with van der Waals surface area (Å²) in [5, 5.41) is 13.9. The van der Waals surface area contributed by atoms with Crippen molar-refractivity contribution < 1.29 is 19.4 Å². The molecular weight excluding hydrogens is 270 g/mol. The van der Waals surface area contributed by atoms with Gasteiger partial charge in [0, 0.05) is 11.9 Å². The number of carbonyl (C=O) groups is 2. The van der Waals surface area contributed by atoms with E-state index < -0.39 is 17.8 Å². The van der Waals surface area contributed by atoms with Crippen LogP contribution in [0.4, 0.5) is 5.69 Å². The third-order valence-corrected chi connectivity index (χ3v) is 3.52. The van der Waals surface area contributed by atoms with Gasteiger partial charge in [-0.3, -0.25) is 4.79 Å². The Bertz CT molecular complexity index is 553. The maximum atomic E-state index is 12.3. The van der Waals surface area contributed by atoms with Crippen LogP contribution in [0.1, 0.15) is 19.8 Å². The van der Waals surface area contributed by atoms with Gasteiger partial charge in [-0.05, 0) is 31.9 Å². The SMILES string of the molecule is CCOc1ccccc1NC(=O)[C@@H]1CC=CC[C@@H]1C(=O)[O-]. The Morgan fingerprint density at radius 2 is 1.90 bits per heavy atom. The van der Waals surface area contributed by atoms with Crippen molar-refractivity contribution in [3.63, 3.8) is 0 Å². The van der Waals surface area contributed by atoms with E-state index in [0.717, 1.165) is 0 Å². The van der Waals surface area contributed by atoms with Gasteiger partial charge in [0.15, 0.2) is 0 Å². The molecule has 1 amide bonds. The first-order valence-corrected chi connectivity index (χ1v) is 7.02. The first-order chi connectivity index (χ1) is 10.1. The van der Waals surface area contributed by atoms with Gasteiger partial charge in [-0.2, -0.15) is 0 Å². The van der Waals surface area contributed by atoms with E-state index in [1.54, 1.807) is 24.3 Å². The number of aliphatic carboxylic acids is 1. The molecule has 1 aliphatic rings. The number of hydrogen-bond acceptors (Lipinski definition) is 4. The molecule has 5 nitrogen and oxygen atoms in total. The highest BCUT2D eigenvalue weighted by Crippen LogP contribution is 2.29. The van der Waals surface area contributed by atoms with Gasteiger partial charge < -0.3 is 20.0 Å². The molecule has 0 spiro atoms. The number of nitrogens with one attached hydrogen (secondary N) is 1. The zero-order valence-electron chi connectivity index (χ0n) is 11.9. The summed E-state index contributed by atoms with van der Waals surface area (Å²) in [5.41, 5.74) is 0.552. The Hall–Kier alpha value is -2.30. The Labute approximate surface area is 123 Å². The summed E-state index contributed by atoms with van der Waals surface area (Å²) in [5.74, 6) is -2.33. The van der Waals surface area contributed by atoms with Crippen LogP contribution < -0.4 is 15.2 Å². The van der Waals surface area contributed by atoms with E-state index in [2.05, 4.69) is 5.32 Å². The zero-order chi connectivity index (χ0) is 15.2. The van der Waals surface area contributed by atoms with E-state index in [1.807, 2.05) is 19.1 Å². The van der Waals surface area contributed by atoms with Crippen molar-refractivity contribution in [1.29, 1.82) is 0 Å². The molecule has 2 atom stereocenters. The minimum atomic E-state index is -1.18. The molecule has 1 N–H and O–H groups in total.